The lowest BCUT2D eigenvalue weighted by Gasteiger charge is -2.35. The van der Waals surface area contributed by atoms with Gasteiger partial charge in [-0.1, -0.05) is 46.3 Å². The molecule has 0 unspecified atom stereocenters. The van der Waals surface area contributed by atoms with E-state index in [1.54, 1.807) is 7.11 Å². The van der Waals surface area contributed by atoms with Gasteiger partial charge in [0, 0.05) is 42.8 Å². The minimum atomic E-state index is 0.0304. The first kappa shape index (κ1) is 20.7. The number of amides is 1. The Hall–Kier alpha value is -2.57. The highest BCUT2D eigenvalue weighted by Crippen LogP contribution is 2.25. The summed E-state index contributed by atoms with van der Waals surface area (Å²) < 4.78 is 12.3. The van der Waals surface area contributed by atoms with Crippen LogP contribution in [0.5, 0.6) is 11.5 Å². The van der Waals surface area contributed by atoms with Gasteiger partial charge in [0.05, 0.1) is 7.11 Å². The Morgan fingerprint density at radius 2 is 1.73 bits per heavy atom. The van der Waals surface area contributed by atoms with Crippen LogP contribution in [0.15, 0.2) is 65.1 Å². The molecule has 1 aliphatic rings. The second kappa shape index (κ2) is 9.49. The third-order valence-electron chi connectivity index (χ3n) is 5.44. The maximum absolute atomic E-state index is 12.6. The van der Waals surface area contributed by atoms with Gasteiger partial charge < -0.3 is 14.4 Å². The van der Waals surface area contributed by atoms with Crippen molar-refractivity contribution in [2.75, 3.05) is 39.9 Å². The van der Waals surface area contributed by atoms with Gasteiger partial charge >= 0.3 is 0 Å². The predicted octanol–water partition coefficient (Wildman–Crippen LogP) is 4.33. The van der Waals surface area contributed by atoms with Gasteiger partial charge in [-0.25, -0.2) is 0 Å². The van der Waals surface area contributed by atoms with Crippen molar-refractivity contribution in [1.82, 2.24) is 9.80 Å². The quantitative estimate of drug-likeness (QED) is 0.539. The minimum absolute atomic E-state index is 0.0304. The lowest BCUT2D eigenvalue weighted by molar-refractivity contribution is -0.135. The molecule has 0 atom stereocenters. The fraction of sp³-hybridized carbons (Fsp3) is 0.292. The summed E-state index contributed by atoms with van der Waals surface area (Å²) in [5.74, 6) is 1.64. The topological polar surface area (TPSA) is 42.0 Å². The van der Waals surface area contributed by atoms with Gasteiger partial charge in [0.15, 0.2) is 6.61 Å². The molecule has 3 aromatic carbocycles. The van der Waals surface area contributed by atoms with Gasteiger partial charge in [0.2, 0.25) is 0 Å². The molecule has 0 spiro atoms. The third-order valence-corrected chi connectivity index (χ3v) is 5.94. The summed E-state index contributed by atoms with van der Waals surface area (Å²) >= 11 is 3.53. The van der Waals surface area contributed by atoms with E-state index in [2.05, 4.69) is 33.0 Å². The number of hydrogen-bond acceptors (Lipinski definition) is 4. The standard InChI is InChI=1S/C24H25BrN2O3/c1-29-23-9-7-21(25)14-20(23)16-26-10-12-27(13-11-26)24(28)17-30-22-8-6-18-4-2-3-5-19(18)15-22/h2-9,14-15H,10-13,16-17H2,1H3. The number of carbonyl (C=O) groups is 1. The number of ether oxygens (including phenoxy) is 2. The van der Waals surface area contributed by atoms with Gasteiger partial charge in [-0.05, 0) is 41.1 Å². The summed E-state index contributed by atoms with van der Waals surface area (Å²) in [6, 6.07) is 20.1. The molecular formula is C24H25BrN2O3. The van der Waals surface area contributed by atoms with Crippen molar-refractivity contribution in [3.63, 3.8) is 0 Å². The van der Waals surface area contributed by atoms with Crippen LogP contribution in [-0.4, -0.2) is 55.6 Å². The van der Waals surface area contributed by atoms with Crippen LogP contribution in [-0.2, 0) is 11.3 Å². The molecule has 1 saturated heterocycles. The number of fused-ring (bicyclic) bond motifs is 1. The van der Waals surface area contributed by atoms with E-state index in [1.165, 1.54) is 0 Å². The van der Waals surface area contributed by atoms with Crippen molar-refractivity contribution >= 4 is 32.6 Å². The van der Waals surface area contributed by atoms with Gasteiger partial charge in [-0.2, -0.15) is 0 Å². The maximum atomic E-state index is 12.6. The van der Waals surface area contributed by atoms with Gasteiger partial charge in [-0.15, -0.1) is 0 Å². The van der Waals surface area contributed by atoms with Crippen LogP contribution in [0.1, 0.15) is 5.56 Å². The fourth-order valence-corrected chi connectivity index (χ4v) is 4.17. The molecule has 4 rings (SSSR count). The summed E-state index contributed by atoms with van der Waals surface area (Å²) in [7, 11) is 1.69. The highest BCUT2D eigenvalue weighted by molar-refractivity contribution is 9.10. The lowest BCUT2D eigenvalue weighted by atomic mass is 10.1. The molecule has 0 radical (unpaired) electrons. The Morgan fingerprint density at radius 3 is 2.50 bits per heavy atom. The number of nitrogens with zero attached hydrogens (tertiary/aromatic N) is 2. The number of piperazine rings is 1. The zero-order valence-electron chi connectivity index (χ0n) is 17.0. The number of benzene rings is 3. The SMILES string of the molecule is COc1ccc(Br)cc1CN1CCN(C(=O)COc2ccc3ccccc3c2)CC1. The molecule has 0 saturated carbocycles. The molecule has 3 aromatic rings. The summed E-state index contributed by atoms with van der Waals surface area (Å²) in [6.45, 7) is 3.94. The molecule has 0 N–H and O–H groups in total. The van der Waals surface area contributed by atoms with Crippen molar-refractivity contribution in [3.8, 4) is 11.5 Å². The smallest absolute Gasteiger partial charge is 0.260 e. The third kappa shape index (κ3) is 4.94. The van der Waals surface area contributed by atoms with E-state index < -0.39 is 0 Å². The van der Waals surface area contributed by atoms with Crippen molar-refractivity contribution in [1.29, 1.82) is 0 Å². The first-order valence-electron chi connectivity index (χ1n) is 10.1. The van der Waals surface area contributed by atoms with E-state index in [4.69, 9.17) is 9.47 Å². The Bertz CT molecular complexity index is 1030. The van der Waals surface area contributed by atoms with Gasteiger partial charge in [0.1, 0.15) is 11.5 Å². The first-order chi connectivity index (χ1) is 14.6. The maximum Gasteiger partial charge on any atom is 0.260 e. The molecule has 5 nitrogen and oxygen atoms in total. The lowest BCUT2D eigenvalue weighted by Crippen LogP contribution is -2.49. The predicted molar refractivity (Wildman–Crippen MR) is 122 cm³/mol. The van der Waals surface area contributed by atoms with Crippen LogP contribution in [0.4, 0.5) is 0 Å². The summed E-state index contributed by atoms with van der Waals surface area (Å²) in [5.41, 5.74) is 1.14. The normalized spacial score (nSPS) is 14.7. The highest BCUT2D eigenvalue weighted by atomic mass is 79.9. The van der Waals surface area contributed by atoms with Crippen LogP contribution >= 0.6 is 15.9 Å². The largest absolute Gasteiger partial charge is 0.496 e. The van der Waals surface area contributed by atoms with E-state index in [0.29, 0.717) is 13.1 Å². The molecule has 1 aliphatic heterocycles. The molecular weight excluding hydrogens is 444 g/mol. The molecule has 1 amide bonds. The number of hydrogen-bond donors (Lipinski definition) is 0. The summed E-state index contributed by atoms with van der Waals surface area (Å²) in [4.78, 5) is 16.8. The van der Waals surface area contributed by atoms with Crippen molar-refractivity contribution in [3.05, 3.63) is 70.7 Å². The Labute approximate surface area is 185 Å². The number of rotatable bonds is 6. The zero-order chi connectivity index (χ0) is 20.9. The Morgan fingerprint density at radius 1 is 0.967 bits per heavy atom. The average molecular weight is 469 g/mol. The molecule has 6 heteroatoms. The average Bonchev–Trinajstić information content (AvgIpc) is 2.78. The van der Waals surface area contributed by atoms with Crippen LogP contribution in [0.25, 0.3) is 10.8 Å². The monoisotopic (exact) mass is 468 g/mol. The second-order valence-corrected chi connectivity index (χ2v) is 8.33. The molecule has 0 aliphatic carbocycles. The molecule has 0 bridgehead atoms. The molecule has 156 valence electrons. The van der Waals surface area contributed by atoms with Crippen LogP contribution in [0.2, 0.25) is 0 Å². The van der Waals surface area contributed by atoms with Gasteiger partial charge in [-0.3, -0.25) is 9.69 Å². The second-order valence-electron chi connectivity index (χ2n) is 7.41. The van der Waals surface area contributed by atoms with E-state index in [1.807, 2.05) is 53.4 Å². The van der Waals surface area contributed by atoms with E-state index in [9.17, 15) is 4.79 Å². The van der Waals surface area contributed by atoms with Crippen molar-refractivity contribution in [2.45, 2.75) is 6.54 Å². The number of carbonyl (C=O) groups excluding carboxylic acids is 1. The first-order valence-corrected chi connectivity index (χ1v) is 10.9. The van der Waals surface area contributed by atoms with Crippen LogP contribution in [0, 0.1) is 0 Å². The zero-order valence-corrected chi connectivity index (χ0v) is 18.6. The van der Waals surface area contributed by atoms with Gasteiger partial charge in [0.25, 0.3) is 5.91 Å². The number of methoxy groups -OCH3 is 1. The highest BCUT2D eigenvalue weighted by Gasteiger charge is 2.22. The molecule has 1 heterocycles. The van der Waals surface area contributed by atoms with Crippen molar-refractivity contribution < 1.29 is 14.3 Å². The van der Waals surface area contributed by atoms with Crippen LogP contribution < -0.4 is 9.47 Å². The van der Waals surface area contributed by atoms with E-state index >= 15 is 0 Å². The minimum Gasteiger partial charge on any atom is -0.496 e. The molecule has 0 aromatic heterocycles. The summed E-state index contributed by atoms with van der Waals surface area (Å²) in [6.07, 6.45) is 0. The molecule has 30 heavy (non-hydrogen) atoms. The molecule has 1 fully saturated rings. The fourth-order valence-electron chi connectivity index (χ4n) is 3.76. The van der Waals surface area contributed by atoms with Crippen LogP contribution in [0.3, 0.4) is 0 Å². The Kier molecular flexibility index (Phi) is 6.55. The van der Waals surface area contributed by atoms with E-state index in [-0.39, 0.29) is 12.5 Å². The number of halogens is 1. The van der Waals surface area contributed by atoms with E-state index in [0.717, 1.165) is 51.9 Å². The van der Waals surface area contributed by atoms with Crippen molar-refractivity contribution in [2.24, 2.45) is 0 Å². The Balaban J connectivity index is 1.28. The summed E-state index contributed by atoms with van der Waals surface area (Å²) in [5, 5.41) is 2.27.